The molecular formula is C28H27N5O4. The molecule has 0 saturated carbocycles. The second-order valence-corrected chi connectivity index (χ2v) is 8.81. The number of nitrogens with one attached hydrogen (secondary N) is 2. The number of amides is 2. The summed E-state index contributed by atoms with van der Waals surface area (Å²) in [4.78, 5) is 29.9. The lowest BCUT2D eigenvalue weighted by Gasteiger charge is -2.40. The van der Waals surface area contributed by atoms with Crippen LogP contribution in [0, 0.1) is 11.3 Å². The Bertz CT molecular complexity index is 1320. The molecule has 0 unspecified atom stereocenters. The van der Waals surface area contributed by atoms with Gasteiger partial charge in [0.2, 0.25) is 6.79 Å². The van der Waals surface area contributed by atoms with E-state index >= 15 is 0 Å². The molecule has 37 heavy (non-hydrogen) atoms. The second-order valence-electron chi connectivity index (χ2n) is 8.81. The summed E-state index contributed by atoms with van der Waals surface area (Å²) in [6.07, 6.45) is 0. The Morgan fingerprint density at radius 1 is 0.892 bits per heavy atom. The number of fused-ring (bicyclic) bond motifs is 1. The van der Waals surface area contributed by atoms with Crippen molar-refractivity contribution in [3.8, 4) is 17.6 Å². The van der Waals surface area contributed by atoms with Crippen LogP contribution in [0.1, 0.15) is 17.2 Å². The van der Waals surface area contributed by atoms with E-state index in [4.69, 9.17) is 9.47 Å². The summed E-state index contributed by atoms with van der Waals surface area (Å²) in [6, 6.07) is 24.5. The molecule has 0 spiro atoms. The largest absolute Gasteiger partial charge is 0.454 e. The fourth-order valence-corrected chi connectivity index (χ4v) is 4.65. The van der Waals surface area contributed by atoms with E-state index in [0.717, 1.165) is 31.7 Å². The van der Waals surface area contributed by atoms with E-state index in [9.17, 15) is 14.9 Å². The maximum atomic E-state index is 12.7. The van der Waals surface area contributed by atoms with E-state index in [0.29, 0.717) is 17.2 Å². The monoisotopic (exact) mass is 497 g/mol. The van der Waals surface area contributed by atoms with Crippen molar-refractivity contribution in [2.75, 3.05) is 49.7 Å². The highest BCUT2D eigenvalue weighted by atomic mass is 16.7. The third-order valence-electron chi connectivity index (χ3n) is 6.62. The third-order valence-corrected chi connectivity index (χ3v) is 6.62. The minimum absolute atomic E-state index is 0.171. The van der Waals surface area contributed by atoms with Gasteiger partial charge >= 0.3 is 11.8 Å². The minimum atomic E-state index is -0.818. The van der Waals surface area contributed by atoms with Crippen molar-refractivity contribution in [3.05, 3.63) is 83.9 Å². The zero-order chi connectivity index (χ0) is 25.6. The molecule has 188 valence electrons. The fraction of sp³-hybridized carbons (Fsp3) is 0.250. The molecule has 5 rings (SSSR count). The molecule has 1 atom stereocenters. The number of nitrogens with zero attached hydrogens (tertiary/aromatic N) is 3. The fourth-order valence-electron chi connectivity index (χ4n) is 4.65. The molecule has 2 N–H and O–H groups in total. The Labute approximate surface area is 215 Å². The summed E-state index contributed by atoms with van der Waals surface area (Å²) < 4.78 is 11.0. The molecule has 9 nitrogen and oxygen atoms in total. The standard InChI is InChI=1S/C28H27N5O4/c29-17-21-6-4-5-9-23(21)31-28(35)27(34)30-18-24(20-10-11-25-26(16-20)37-19-36-25)33-14-12-32(13-15-33)22-7-2-1-3-8-22/h1-11,16,24H,12-15,18-19H2,(H,30,34)(H,31,35)/t24-/m0/s1. The van der Waals surface area contributed by atoms with Crippen molar-refractivity contribution in [1.82, 2.24) is 10.2 Å². The smallest absolute Gasteiger partial charge is 0.313 e. The molecular weight excluding hydrogens is 470 g/mol. The first-order chi connectivity index (χ1) is 18.1. The van der Waals surface area contributed by atoms with Gasteiger partial charge in [-0.1, -0.05) is 36.4 Å². The summed E-state index contributed by atoms with van der Waals surface area (Å²) in [5.74, 6) is -0.221. The van der Waals surface area contributed by atoms with Gasteiger partial charge < -0.3 is 25.0 Å². The van der Waals surface area contributed by atoms with Crippen LogP contribution < -0.4 is 25.0 Å². The molecule has 2 aliphatic heterocycles. The van der Waals surface area contributed by atoms with Crippen LogP contribution in [0.5, 0.6) is 11.5 Å². The quantitative estimate of drug-likeness (QED) is 0.505. The Hall–Kier alpha value is -4.55. The van der Waals surface area contributed by atoms with Crippen molar-refractivity contribution < 1.29 is 19.1 Å². The lowest BCUT2D eigenvalue weighted by Crippen LogP contribution is -2.50. The van der Waals surface area contributed by atoms with Crippen molar-refractivity contribution in [3.63, 3.8) is 0 Å². The molecule has 0 aliphatic carbocycles. The highest BCUT2D eigenvalue weighted by Gasteiger charge is 2.28. The number of benzene rings is 3. The topological polar surface area (TPSA) is 107 Å². The highest BCUT2D eigenvalue weighted by Crippen LogP contribution is 2.35. The van der Waals surface area contributed by atoms with Gasteiger partial charge in [-0.15, -0.1) is 0 Å². The number of carbonyl (C=O) groups excluding carboxylic acids is 2. The Morgan fingerprint density at radius 3 is 2.41 bits per heavy atom. The first kappa shape index (κ1) is 24.2. The van der Waals surface area contributed by atoms with E-state index in [-0.39, 0.29) is 24.9 Å². The van der Waals surface area contributed by atoms with Crippen molar-refractivity contribution in [2.24, 2.45) is 0 Å². The van der Waals surface area contributed by atoms with Gasteiger partial charge in [-0.2, -0.15) is 5.26 Å². The number of hydrogen-bond acceptors (Lipinski definition) is 7. The molecule has 1 saturated heterocycles. The number of carbonyl (C=O) groups is 2. The lowest BCUT2D eigenvalue weighted by atomic mass is 10.0. The van der Waals surface area contributed by atoms with E-state index in [1.54, 1.807) is 24.3 Å². The van der Waals surface area contributed by atoms with Crippen LogP contribution in [0.2, 0.25) is 0 Å². The van der Waals surface area contributed by atoms with E-state index in [1.807, 2.05) is 42.5 Å². The third kappa shape index (κ3) is 5.50. The number of nitriles is 1. The molecule has 2 aliphatic rings. The first-order valence-corrected chi connectivity index (χ1v) is 12.1. The molecule has 2 amide bonds. The normalized spacial score (nSPS) is 15.5. The molecule has 3 aromatic rings. The molecule has 1 fully saturated rings. The molecule has 9 heteroatoms. The second kappa shape index (κ2) is 11.0. The number of ether oxygens (including phenoxy) is 2. The van der Waals surface area contributed by atoms with Crippen LogP contribution in [-0.2, 0) is 9.59 Å². The van der Waals surface area contributed by atoms with Crippen LogP contribution in [0.4, 0.5) is 11.4 Å². The number of para-hydroxylation sites is 2. The predicted molar refractivity (Wildman–Crippen MR) is 138 cm³/mol. The number of piperazine rings is 1. The van der Waals surface area contributed by atoms with Crippen molar-refractivity contribution >= 4 is 23.2 Å². The molecule has 3 aromatic carbocycles. The summed E-state index contributed by atoms with van der Waals surface area (Å²) >= 11 is 0. The maximum absolute atomic E-state index is 12.7. The van der Waals surface area contributed by atoms with Gasteiger partial charge in [0.05, 0.1) is 17.3 Å². The van der Waals surface area contributed by atoms with Crippen LogP contribution in [-0.4, -0.2) is 56.2 Å². The lowest BCUT2D eigenvalue weighted by molar-refractivity contribution is -0.136. The van der Waals surface area contributed by atoms with Gasteiger partial charge in [0.15, 0.2) is 11.5 Å². The van der Waals surface area contributed by atoms with E-state index < -0.39 is 11.8 Å². The van der Waals surface area contributed by atoms with E-state index in [1.165, 1.54) is 5.69 Å². The molecule has 0 aromatic heterocycles. The van der Waals surface area contributed by atoms with Crippen LogP contribution in [0.25, 0.3) is 0 Å². The SMILES string of the molecule is N#Cc1ccccc1NC(=O)C(=O)NC[C@@H](c1ccc2c(c1)OCO2)N1CCN(c2ccccc2)CC1. The van der Waals surface area contributed by atoms with Crippen LogP contribution in [0.15, 0.2) is 72.8 Å². The summed E-state index contributed by atoms with van der Waals surface area (Å²) in [6.45, 7) is 3.66. The average Bonchev–Trinajstić information content (AvgIpc) is 3.42. The van der Waals surface area contributed by atoms with Gasteiger partial charge in [-0.05, 0) is 42.0 Å². The van der Waals surface area contributed by atoms with Gasteiger partial charge in [0.1, 0.15) is 6.07 Å². The molecule has 2 heterocycles. The molecule has 0 radical (unpaired) electrons. The van der Waals surface area contributed by atoms with Gasteiger partial charge in [-0.25, -0.2) is 0 Å². The summed E-state index contributed by atoms with van der Waals surface area (Å²) in [5, 5.41) is 14.6. The number of rotatable bonds is 6. The minimum Gasteiger partial charge on any atom is -0.454 e. The van der Waals surface area contributed by atoms with Gasteiger partial charge in [0, 0.05) is 38.4 Å². The number of hydrogen-bond donors (Lipinski definition) is 2. The van der Waals surface area contributed by atoms with Crippen LogP contribution in [0.3, 0.4) is 0 Å². The predicted octanol–water partition coefficient (Wildman–Crippen LogP) is 2.91. The Balaban J connectivity index is 1.28. The van der Waals surface area contributed by atoms with Gasteiger partial charge in [-0.3, -0.25) is 14.5 Å². The zero-order valence-corrected chi connectivity index (χ0v) is 20.2. The highest BCUT2D eigenvalue weighted by molar-refractivity contribution is 6.39. The first-order valence-electron chi connectivity index (χ1n) is 12.1. The number of anilines is 2. The maximum Gasteiger partial charge on any atom is 0.313 e. The Kier molecular flexibility index (Phi) is 7.19. The van der Waals surface area contributed by atoms with Crippen molar-refractivity contribution in [1.29, 1.82) is 5.26 Å². The van der Waals surface area contributed by atoms with Crippen molar-refractivity contribution in [2.45, 2.75) is 6.04 Å². The zero-order valence-electron chi connectivity index (χ0n) is 20.2. The molecule has 0 bridgehead atoms. The summed E-state index contributed by atoms with van der Waals surface area (Å²) in [7, 11) is 0. The van der Waals surface area contributed by atoms with E-state index in [2.05, 4.69) is 32.6 Å². The van der Waals surface area contributed by atoms with Crippen LogP contribution >= 0.6 is 0 Å². The Morgan fingerprint density at radius 2 is 1.62 bits per heavy atom. The average molecular weight is 498 g/mol. The van der Waals surface area contributed by atoms with Gasteiger partial charge in [0.25, 0.3) is 0 Å². The summed E-state index contributed by atoms with van der Waals surface area (Å²) in [5.41, 5.74) is 2.74.